The van der Waals surface area contributed by atoms with Gasteiger partial charge in [0.15, 0.2) is 0 Å². The number of hydrogen-bond donors (Lipinski definition) is 0. The number of carbonyl (C=O) groups is 1. The fourth-order valence-electron chi connectivity index (χ4n) is 1.54. The van der Waals surface area contributed by atoms with E-state index in [2.05, 4.69) is 25.8 Å². The van der Waals surface area contributed by atoms with E-state index in [0.29, 0.717) is 11.7 Å². The van der Waals surface area contributed by atoms with Gasteiger partial charge in [0, 0.05) is 18.0 Å². The fourth-order valence-corrected chi connectivity index (χ4v) is 2.06. The quantitative estimate of drug-likeness (QED) is 0.765. The second-order valence-electron chi connectivity index (χ2n) is 3.98. The average Bonchev–Trinajstić information content (AvgIpc) is 2.82. The molecular formula is C12H20N2OS. The molecule has 1 aromatic heterocycles. The molecule has 0 radical (unpaired) electrons. The number of hydrogen-bond acceptors (Lipinski definition) is 3. The molecule has 1 amide bonds. The lowest BCUT2D eigenvalue weighted by atomic mass is 10.2. The van der Waals surface area contributed by atoms with Crippen LogP contribution >= 0.6 is 11.3 Å². The number of carbonyl (C=O) groups excluding carboxylic acids is 1. The zero-order valence-electron chi connectivity index (χ0n) is 10.3. The van der Waals surface area contributed by atoms with Crippen LogP contribution in [-0.2, 0) is 0 Å². The summed E-state index contributed by atoms with van der Waals surface area (Å²) >= 11 is 1.47. The normalized spacial score (nSPS) is 12.4. The first-order chi connectivity index (χ1) is 7.70. The number of unbranched alkanes of at least 4 members (excludes halogenated alkanes) is 1. The summed E-state index contributed by atoms with van der Waals surface area (Å²) in [7, 11) is 0. The van der Waals surface area contributed by atoms with Crippen LogP contribution in [0.1, 0.15) is 50.5 Å². The van der Waals surface area contributed by atoms with Crippen molar-refractivity contribution < 1.29 is 4.79 Å². The number of nitrogens with zero attached hydrogens (tertiary/aromatic N) is 2. The molecule has 3 nitrogen and oxygen atoms in total. The van der Waals surface area contributed by atoms with E-state index < -0.39 is 0 Å². The van der Waals surface area contributed by atoms with Gasteiger partial charge in [-0.1, -0.05) is 20.3 Å². The lowest BCUT2D eigenvalue weighted by Crippen LogP contribution is -2.39. The van der Waals surface area contributed by atoms with Crippen LogP contribution in [0.15, 0.2) is 10.9 Å². The van der Waals surface area contributed by atoms with Crippen LogP contribution in [0.4, 0.5) is 0 Å². The van der Waals surface area contributed by atoms with Gasteiger partial charge in [0.05, 0.1) is 5.51 Å². The molecule has 1 rings (SSSR count). The van der Waals surface area contributed by atoms with Crippen molar-refractivity contribution in [2.75, 3.05) is 6.54 Å². The van der Waals surface area contributed by atoms with Crippen LogP contribution in [0.3, 0.4) is 0 Å². The minimum absolute atomic E-state index is 0.0732. The molecule has 1 atom stereocenters. The molecule has 0 fully saturated rings. The molecule has 16 heavy (non-hydrogen) atoms. The fraction of sp³-hybridized carbons (Fsp3) is 0.667. The molecule has 0 aliphatic heterocycles. The Bertz CT molecular complexity index is 311. The highest BCUT2D eigenvalue weighted by atomic mass is 32.1. The molecule has 1 aromatic rings. The molecule has 0 saturated carbocycles. The summed E-state index contributed by atoms with van der Waals surface area (Å²) in [4.78, 5) is 18.2. The minimum Gasteiger partial charge on any atom is -0.335 e. The van der Waals surface area contributed by atoms with Gasteiger partial charge in [-0.3, -0.25) is 4.79 Å². The van der Waals surface area contributed by atoms with Crippen molar-refractivity contribution in [3.63, 3.8) is 0 Å². The van der Waals surface area contributed by atoms with Gasteiger partial charge in [-0.25, -0.2) is 4.98 Å². The number of rotatable bonds is 6. The van der Waals surface area contributed by atoms with E-state index >= 15 is 0 Å². The predicted molar refractivity (Wildman–Crippen MR) is 67.8 cm³/mol. The smallest absolute Gasteiger partial charge is 0.273 e. The topological polar surface area (TPSA) is 33.2 Å². The third-order valence-corrected chi connectivity index (χ3v) is 3.37. The summed E-state index contributed by atoms with van der Waals surface area (Å²) in [5, 5.41) is 1.82. The highest BCUT2D eigenvalue weighted by molar-refractivity contribution is 7.07. The van der Waals surface area contributed by atoms with Gasteiger partial charge >= 0.3 is 0 Å². The molecule has 1 unspecified atom stereocenters. The Morgan fingerprint density at radius 3 is 2.81 bits per heavy atom. The first-order valence-corrected chi connectivity index (χ1v) is 6.84. The van der Waals surface area contributed by atoms with Crippen LogP contribution in [0.2, 0.25) is 0 Å². The van der Waals surface area contributed by atoms with Gasteiger partial charge in [-0.05, 0) is 19.8 Å². The van der Waals surface area contributed by atoms with E-state index in [9.17, 15) is 4.79 Å². The van der Waals surface area contributed by atoms with Crippen molar-refractivity contribution >= 4 is 17.2 Å². The molecule has 0 spiro atoms. The maximum atomic E-state index is 12.2. The van der Waals surface area contributed by atoms with Crippen LogP contribution < -0.4 is 0 Å². The molecule has 0 saturated heterocycles. The summed E-state index contributed by atoms with van der Waals surface area (Å²) in [5.41, 5.74) is 2.29. The molecule has 0 aliphatic carbocycles. The van der Waals surface area contributed by atoms with Gasteiger partial charge in [0.2, 0.25) is 0 Å². The Kier molecular flexibility index (Phi) is 5.46. The highest BCUT2D eigenvalue weighted by Crippen LogP contribution is 2.12. The van der Waals surface area contributed by atoms with Crippen molar-refractivity contribution in [3.05, 3.63) is 16.6 Å². The van der Waals surface area contributed by atoms with Gasteiger partial charge in [-0.15, -0.1) is 11.3 Å². The largest absolute Gasteiger partial charge is 0.335 e. The van der Waals surface area contributed by atoms with Gasteiger partial charge in [0.25, 0.3) is 5.91 Å². The molecular weight excluding hydrogens is 220 g/mol. The first-order valence-electron chi connectivity index (χ1n) is 5.89. The maximum absolute atomic E-state index is 12.2. The van der Waals surface area contributed by atoms with E-state index in [0.717, 1.165) is 25.8 Å². The number of thiazole rings is 1. The molecule has 0 aliphatic rings. The van der Waals surface area contributed by atoms with Crippen LogP contribution in [0.5, 0.6) is 0 Å². The summed E-state index contributed by atoms with van der Waals surface area (Å²) in [6, 6.07) is 0.292. The Balaban J connectivity index is 2.71. The molecule has 90 valence electrons. The Hall–Kier alpha value is -0.900. The van der Waals surface area contributed by atoms with Crippen LogP contribution in [0.25, 0.3) is 0 Å². The molecule has 0 aromatic carbocycles. The minimum atomic E-state index is 0.0732. The lowest BCUT2D eigenvalue weighted by Gasteiger charge is -2.27. The van der Waals surface area contributed by atoms with Gasteiger partial charge < -0.3 is 4.90 Å². The van der Waals surface area contributed by atoms with E-state index in [-0.39, 0.29) is 5.91 Å². The summed E-state index contributed by atoms with van der Waals surface area (Å²) < 4.78 is 0. The standard InChI is InChI=1S/C12H20N2OS/c1-4-6-7-14(10(3)5-2)12(15)11-8-16-9-13-11/h8-10H,4-7H2,1-3H3. The van der Waals surface area contributed by atoms with E-state index in [4.69, 9.17) is 0 Å². The lowest BCUT2D eigenvalue weighted by molar-refractivity contribution is 0.0680. The summed E-state index contributed by atoms with van der Waals surface area (Å²) in [6.45, 7) is 7.18. The monoisotopic (exact) mass is 240 g/mol. The van der Waals surface area contributed by atoms with Crippen LogP contribution in [0, 0.1) is 0 Å². The molecule has 4 heteroatoms. The van der Waals surface area contributed by atoms with Gasteiger partial charge in [0.1, 0.15) is 5.69 Å². The zero-order valence-corrected chi connectivity index (χ0v) is 11.1. The third-order valence-electron chi connectivity index (χ3n) is 2.79. The van der Waals surface area contributed by atoms with Crippen LogP contribution in [-0.4, -0.2) is 28.4 Å². The van der Waals surface area contributed by atoms with Crippen molar-refractivity contribution in [1.29, 1.82) is 0 Å². The molecule has 0 bridgehead atoms. The van der Waals surface area contributed by atoms with E-state index in [1.165, 1.54) is 11.3 Å². The maximum Gasteiger partial charge on any atom is 0.273 e. The predicted octanol–water partition coefficient (Wildman–Crippen LogP) is 3.18. The average molecular weight is 240 g/mol. The highest BCUT2D eigenvalue weighted by Gasteiger charge is 2.20. The molecule has 1 heterocycles. The first kappa shape index (κ1) is 13.2. The van der Waals surface area contributed by atoms with Crippen molar-refractivity contribution in [3.8, 4) is 0 Å². The second-order valence-corrected chi connectivity index (χ2v) is 4.70. The second kappa shape index (κ2) is 6.63. The third kappa shape index (κ3) is 3.30. The number of aromatic nitrogens is 1. The summed E-state index contributed by atoms with van der Waals surface area (Å²) in [6.07, 6.45) is 3.15. The molecule has 0 N–H and O–H groups in total. The van der Waals surface area contributed by atoms with Crippen molar-refractivity contribution in [1.82, 2.24) is 9.88 Å². The zero-order chi connectivity index (χ0) is 12.0. The Labute approximate surface area is 101 Å². The van der Waals surface area contributed by atoms with E-state index in [1.807, 2.05) is 10.3 Å². The number of amides is 1. The summed E-state index contributed by atoms with van der Waals surface area (Å²) in [5.74, 6) is 0.0732. The van der Waals surface area contributed by atoms with Gasteiger partial charge in [-0.2, -0.15) is 0 Å². The Morgan fingerprint density at radius 2 is 2.31 bits per heavy atom. The SMILES string of the molecule is CCCCN(C(=O)c1cscn1)C(C)CC. The van der Waals surface area contributed by atoms with Crippen molar-refractivity contribution in [2.45, 2.75) is 46.1 Å². The van der Waals surface area contributed by atoms with Crippen molar-refractivity contribution in [2.24, 2.45) is 0 Å². The Morgan fingerprint density at radius 1 is 1.56 bits per heavy atom. The van der Waals surface area contributed by atoms with E-state index in [1.54, 1.807) is 5.51 Å².